The molecule has 1 atom stereocenters. The molecule has 0 saturated carbocycles. The van der Waals surface area contributed by atoms with Crippen molar-refractivity contribution in [1.29, 1.82) is 0 Å². The average Bonchev–Trinajstić information content (AvgIpc) is 2.48. The molecule has 0 spiro atoms. The largest absolute Gasteiger partial charge is 0.379 e. The molecule has 2 rings (SSSR count). The van der Waals surface area contributed by atoms with E-state index in [0.717, 1.165) is 25.2 Å². The number of hydrogen-bond acceptors (Lipinski definition) is 4. The first kappa shape index (κ1) is 16.6. The lowest BCUT2D eigenvalue weighted by Crippen LogP contribution is -2.47. The van der Waals surface area contributed by atoms with E-state index in [2.05, 4.69) is 9.62 Å². The fourth-order valence-electron chi connectivity index (χ4n) is 2.11. The predicted molar refractivity (Wildman–Crippen MR) is 78.5 cm³/mol. The van der Waals surface area contributed by atoms with Gasteiger partial charge in [-0.3, -0.25) is 4.90 Å². The molecule has 1 aromatic rings. The van der Waals surface area contributed by atoms with Crippen LogP contribution in [0.5, 0.6) is 0 Å². The molecule has 0 aromatic heterocycles. The van der Waals surface area contributed by atoms with Crippen molar-refractivity contribution < 1.29 is 17.5 Å². The second-order valence-corrected chi connectivity index (χ2v) is 7.10. The van der Waals surface area contributed by atoms with Crippen molar-refractivity contribution in [1.82, 2.24) is 9.62 Å². The Kier molecular flexibility index (Phi) is 5.56. The Morgan fingerprint density at radius 3 is 2.71 bits per heavy atom. The lowest BCUT2D eigenvalue weighted by molar-refractivity contribution is 0.0213. The van der Waals surface area contributed by atoms with Gasteiger partial charge in [0.05, 0.1) is 23.1 Å². The quantitative estimate of drug-likeness (QED) is 0.885. The summed E-state index contributed by atoms with van der Waals surface area (Å²) >= 11 is 5.61. The van der Waals surface area contributed by atoms with E-state index in [-0.39, 0.29) is 22.5 Å². The highest BCUT2D eigenvalue weighted by molar-refractivity contribution is 7.89. The summed E-state index contributed by atoms with van der Waals surface area (Å²) in [5.41, 5.74) is 0. The van der Waals surface area contributed by atoms with Crippen LogP contribution < -0.4 is 4.72 Å². The van der Waals surface area contributed by atoms with E-state index in [4.69, 9.17) is 16.3 Å². The van der Waals surface area contributed by atoms with Crippen LogP contribution in [0, 0.1) is 5.82 Å². The number of ether oxygens (including phenoxy) is 1. The van der Waals surface area contributed by atoms with Gasteiger partial charge in [-0.15, -0.1) is 0 Å². The Balaban J connectivity index is 1.98. The Labute approximate surface area is 129 Å². The van der Waals surface area contributed by atoms with E-state index in [0.29, 0.717) is 13.2 Å². The van der Waals surface area contributed by atoms with Gasteiger partial charge in [0, 0.05) is 25.7 Å². The van der Waals surface area contributed by atoms with E-state index in [9.17, 15) is 12.8 Å². The lowest BCUT2D eigenvalue weighted by atomic mass is 10.2. The number of rotatable bonds is 5. The molecule has 1 heterocycles. The highest BCUT2D eigenvalue weighted by Crippen LogP contribution is 2.19. The van der Waals surface area contributed by atoms with Crippen molar-refractivity contribution in [3.63, 3.8) is 0 Å². The topological polar surface area (TPSA) is 58.6 Å². The first-order chi connectivity index (χ1) is 9.90. The van der Waals surface area contributed by atoms with Crippen LogP contribution in [0.3, 0.4) is 0 Å². The molecule has 1 aliphatic rings. The number of morpholine rings is 1. The van der Waals surface area contributed by atoms with E-state index in [1.54, 1.807) is 0 Å². The van der Waals surface area contributed by atoms with Crippen LogP contribution in [0.1, 0.15) is 6.92 Å². The molecule has 21 heavy (non-hydrogen) atoms. The summed E-state index contributed by atoms with van der Waals surface area (Å²) in [6.07, 6.45) is 0. The first-order valence-electron chi connectivity index (χ1n) is 6.66. The van der Waals surface area contributed by atoms with Crippen molar-refractivity contribution in [3.8, 4) is 0 Å². The van der Waals surface area contributed by atoms with Gasteiger partial charge in [-0.05, 0) is 25.1 Å². The summed E-state index contributed by atoms with van der Waals surface area (Å²) in [5.74, 6) is -0.641. The maximum absolute atomic E-state index is 13.1. The number of nitrogens with one attached hydrogen (secondary N) is 1. The zero-order valence-corrected chi connectivity index (χ0v) is 13.3. The summed E-state index contributed by atoms with van der Waals surface area (Å²) in [7, 11) is -3.69. The van der Waals surface area contributed by atoms with Gasteiger partial charge in [0.25, 0.3) is 0 Å². The molecule has 5 nitrogen and oxygen atoms in total. The van der Waals surface area contributed by atoms with Crippen LogP contribution in [0.2, 0.25) is 5.02 Å². The van der Waals surface area contributed by atoms with Crippen LogP contribution in [0.4, 0.5) is 4.39 Å². The van der Waals surface area contributed by atoms with Gasteiger partial charge in [-0.1, -0.05) is 11.6 Å². The van der Waals surface area contributed by atoms with Gasteiger partial charge in [-0.25, -0.2) is 17.5 Å². The molecular formula is C13H18ClFN2O3S. The third-order valence-corrected chi connectivity index (χ3v) is 5.15. The summed E-state index contributed by atoms with van der Waals surface area (Å²) in [4.78, 5) is 2.12. The minimum atomic E-state index is -3.69. The van der Waals surface area contributed by atoms with Gasteiger partial charge in [0.15, 0.2) is 0 Å². The summed E-state index contributed by atoms with van der Waals surface area (Å²) in [5, 5.41) is -0.209. The second-order valence-electron chi connectivity index (χ2n) is 4.93. The zero-order chi connectivity index (χ0) is 15.5. The highest BCUT2D eigenvalue weighted by atomic mass is 35.5. The van der Waals surface area contributed by atoms with E-state index in [1.165, 1.54) is 6.07 Å². The molecule has 1 N–H and O–H groups in total. The number of benzene rings is 1. The third-order valence-electron chi connectivity index (χ3n) is 3.44. The second kappa shape index (κ2) is 7.02. The maximum Gasteiger partial charge on any atom is 0.240 e. The molecule has 0 aliphatic carbocycles. The maximum atomic E-state index is 13.1. The molecule has 1 fully saturated rings. The van der Waals surface area contributed by atoms with Gasteiger partial charge in [-0.2, -0.15) is 0 Å². The van der Waals surface area contributed by atoms with Crippen LogP contribution in [-0.4, -0.2) is 52.2 Å². The monoisotopic (exact) mass is 336 g/mol. The number of hydrogen-bond donors (Lipinski definition) is 1. The van der Waals surface area contributed by atoms with Gasteiger partial charge in [0.1, 0.15) is 5.82 Å². The number of halogens is 2. The number of nitrogens with zero attached hydrogens (tertiary/aromatic N) is 1. The Bertz CT molecular complexity index is 591. The Morgan fingerprint density at radius 1 is 1.43 bits per heavy atom. The standard InChI is InChI=1S/C13H18ClFN2O3S/c1-10(17-4-6-20-7-5-17)9-16-21(18,19)11-2-3-13(15)12(14)8-11/h2-3,8,10,16H,4-7,9H2,1H3. The molecule has 1 unspecified atom stereocenters. The average molecular weight is 337 g/mol. The van der Waals surface area contributed by atoms with Crippen molar-refractivity contribution in [3.05, 3.63) is 29.0 Å². The summed E-state index contributed by atoms with van der Waals surface area (Å²) in [6.45, 7) is 5.11. The van der Waals surface area contributed by atoms with Crippen LogP contribution in [-0.2, 0) is 14.8 Å². The molecule has 1 aromatic carbocycles. The predicted octanol–water partition coefficient (Wildman–Crippen LogP) is 1.48. The Hall–Kier alpha value is -0.730. The summed E-state index contributed by atoms with van der Waals surface area (Å²) in [6, 6.07) is 3.41. The zero-order valence-electron chi connectivity index (χ0n) is 11.7. The smallest absolute Gasteiger partial charge is 0.240 e. The van der Waals surface area contributed by atoms with Crippen molar-refractivity contribution in [2.45, 2.75) is 17.9 Å². The minimum Gasteiger partial charge on any atom is -0.379 e. The van der Waals surface area contributed by atoms with Crippen molar-refractivity contribution >= 4 is 21.6 Å². The van der Waals surface area contributed by atoms with Crippen molar-refractivity contribution in [2.24, 2.45) is 0 Å². The fraction of sp³-hybridized carbons (Fsp3) is 0.538. The molecule has 0 radical (unpaired) electrons. The third kappa shape index (κ3) is 4.37. The highest BCUT2D eigenvalue weighted by Gasteiger charge is 2.21. The lowest BCUT2D eigenvalue weighted by Gasteiger charge is -2.32. The van der Waals surface area contributed by atoms with Crippen molar-refractivity contribution in [2.75, 3.05) is 32.8 Å². The molecular weight excluding hydrogens is 319 g/mol. The molecule has 1 saturated heterocycles. The number of sulfonamides is 1. The molecule has 0 bridgehead atoms. The Morgan fingerprint density at radius 2 is 2.10 bits per heavy atom. The van der Waals surface area contributed by atoms with Crippen LogP contribution in [0.25, 0.3) is 0 Å². The molecule has 0 amide bonds. The van der Waals surface area contributed by atoms with Gasteiger partial charge < -0.3 is 4.74 Å². The molecule has 8 heteroatoms. The van der Waals surface area contributed by atoms with Gasteiger partial charge in [0.2, 0.25) is 10.0 Å². The normalized spacial score (nSPS) is 18.6. The SMILES string of the molecule is CC(CNS(=O)(=O)c1ccc(F)c(Cl)c1)N1CCOCC1. The molecule has 1 aliphatic heterocycles. The van der Waals surface area contributed by atoms with E-state index >= 15 is 0 Å². The van der Waals surface area contributed by atoms with E-state index in [1.807, 2.05) is 6.92 Å². The van der Waals surface area contributed by atoms with Crippen LogP contribution >= 0.6 is 11.6 Å². The molecule has 118 valence electrons. The van der Waals surface area contributed by atoms with Crippen LogP contribution in [0.15, 0.2) is 23.1 Å². The fourth-order valence-corrected chi connectivity index (χ4v) is 3.50. The van der Waals surface area contributed by atoms with Gasteiger partial charge >= 0.3 is 0 Å². The van der Waals surface area contributed by atoms with E-state index < -0.39 is 15.8 Å². The minimum absolute atomic E-state index is 0.0388. The summed E-state index contributed by atoms with van der Waals surface area (Å²) < 4.78 is 45.2. The first-order valence-corrected chi connectivity index (χ1v) is 8.53.